The van der Waals surface area contributed by atoms with E-state index in [-0.39, 0.29) is 16.3 Å². The Morgan fingerprint density at radius 2 is 1.93 bits per heavy atom. The fourth-order valence-corrected chi connectivity index (χ4v) is 3.31. The van der Waals surface area contributed by atoms with Crippen LogP contribution in [0.5, 0.6) is 0 Å². The number of nitrogens with one attached hydrogen (secondary N) is 2. The quantitative estimate of drug-likeness (QED) is 0.664. The number of amides is 1. The van der Waals surface area contributed by atoms with Gasteiger partial charge in [-0.25, -0.2) is 27.7 Å². The number of hydrogen-bond donors (Lipinski definition) is 2. The molecule has 0 aliphatic carbocycles. The fraction of sp³-hybridized carbons (Fsp3) is 0.0588. The summed E-state index contributed by atoms with van der Waals surface area (Å²) < 4.78 is 26.9. The lowest BCUT2D eigenvalue weighted by Crippen LogP contribution is -2.28. The molecule has 0 unspecified atom stereocenters. The molecule has 9 nitrogen and oxygen atoms in total. The Hall–Kier alpha value is -3.71. The van der Waals surface area contributed by atoms with Gasteiger partial charge < -0.3 is 0 Å². The van der Waals surface area contributed by atoms with E-state index in [1.54, 1.807) is 24.3 Å². The molecule has 0 saturated carbocycles. The van der Waals surface area contributed by atoms with Crippen molar-refractivity contribution in [3.05, 3.63) is 70.6 Å². The number of hydrogen-bond acceptors (Lipinski definition) is 5. The van der Waals surface area contributed by atoms with E-state index in [1.165, 1.54) is 18.3 Å². The summed E-state index contributed by atoms with van der Waals surface area (Å²) in [6, 6.07) is 9.14. The largest absolute Gasteiger partial charge is 0.296 e. The van der Waals surface area contributed by atoms with E-state index in [0.29, 0.717) is 16.8 Å². The average Bonchev–Trinajstić information content (AvgIpc) is 3.02. The Balaban J connectivity index is 1.94. The molecular weight excluding hydrogens is 370 g/mol. The van der Waals surface area contributed by atoms with Gasteiger partial charge in [0, 0.05) is 19.3 Å². The van der Waals surface area contributed by atoms with Gasteiger partial charge >= 0.3 is 0 Å². The molecule has 2 heterocycles. The highest BCUT2D eigenvalue weighted by Crippen LogP contribution is 2.20. The van der Waals surface area contributed by atoms with Crippen LogP contribution in [0.25, 0.3) is 21.8 Å². The Labute approximate surface area is 154 Å². The van der Waals surface area contributed by atoms with E-state index in [9.17, 15) is 18.0 Å². The van der Waals surface area contributed by atoms with E-state index in [0.717, 1.165) is 17.8 Å². The van der Waals surface area contributed by atoms with Crippen molar-refractivity contribution < 1.29 is 13.2 Å². The van der Waals surface area contributed by atoms with Gasteiger partial charge in [0.15, 0.2) is 11.5 Å². The Morgan fingerprint density at radius 3 is 2.48 bits per heavy atom. The summed E-state index contributed by atoms with van der Waals surface area (Å²) in [4.78, 5) is 30.7. The molecule has 27 heavy (non-hydrogen) atoms. The number of aromatic nitrogens is 3. The third kappa shape index (κ3) is 3.63. The van der Waals surface area contributed by atoms with E-state index >= 15 is 0 Å². The number of pyridine rings is 1. The zero-order valence-corrected chi connectivity index (χ0v) is 14.8. The average molecular weight is 383 g/mol. The van der Waals surface area contributed by atoms with Crippen molar-refractivity contribution in [3.8, 4) is 16.9 Å². The molecule has 136 valence electrons. The second kappa shape index (κ2) is 6.89. The summed E-state index contributed by atoms with van der Waals surface area (Å²) in [5, 5.41) is 2.77. The first-order chi connectivity index (χ1) is 12.8. The number of aromatic amines is 1. The number of carbonyl (C=O) groups is 1. The number of H-pyrrole nitrogens is 1. The third-order valence-electron chi connectivity index (χ3n) is 3.62. The minimum atomic E-state index is -4.00. The first kappa shape index (κ1) is 18.1. The Kier molecular flexibility index (Phi) is 4.62. The molecule has 0 atom stereocenters. The highest BCUT2D eigenvalue weighted by Gasteiger charge is 2.17. The number of rotatable bonds is 4. The summed E-state index contributed by atoms with van der Waals surface area (Å²) in [6.45, 7) is 8.04. The number of carbonyl (C=O) groups excluding carboxylic acids is 1. The molecule has 10 heteroatoms. The smallest absolute Gasteiger partial charge is 0.280 e. The van der Waals surface area contributed by atoms with Gasteiger partial charge in [-0.3, -0.25) is 14.7 Å². The highest BCUT2D eigenvalue weighted by atomic mass is 32.2. The van der Waals surface area contributed by atoms with Crippen molar-refractivity contribution in [2.45, 2.75) is 11.8 Å². The lowest BCUT2D eigenvalue weighted by molar-refractivity contribution is -0.117. The molecule has 0 spiro atoms. The minimum absolute atomic E-state index is 0.186. The second-order valence-corrected chi connectivity index (χ2v) is 7.18. The van der Waals surface area contributed by atoms with Crippen molar-refractivity contribution >= 4 is 21.6 Å². The zero-order valence-electron chi connectivity index (χ0n) is 14.0. The van der Waals surface area contributed by atoms with Crippen LogP contribution in [-0.4, -0.2) is 29.1 Å². The van der Waals surface area contributed by atoms with E-state index in [4.69, 9.17) is 6.57 Å². The lowest BCUT2D eigenvalue weighted by atomic mass is 10.1. The summed E-state index contributed by atoms with van der Waals surface area (Å²) in [5.74, 6) is -0.528. The van der Waals surface area contributed by atoms with Crippen LogP contribution in [0.15, 0.2) is 58.5 Å². The van der Waals surface area contributed by atoms with Crippen LogP contribution in [0, 0.1) is 6.57 Å². The summed E-state index contributed by atoms with van der Waals surface area (Å²) in [6.07, 6.45) is 2.55. The molecule has 3 rings (SSSR count). The third-order valence-corrected chi connectivity index (χ3v) is 5.04. The van der Waals surface area contributed by atoms with Gasteiger partial charge in [-0.2, -0.15) is 0 Å². The van der Waals surface area contributed by atoms with Crippen LogP contribution < -0.4 is 10.3 Å². The molecule has 1 aromatic carbocycles. The van der Waals surface area contributed by atoms with Crippen molar-refractivity contribution in [2.75, 3.05) is 0 Å². The maximum Gasteiger partial charge on any atom is 0.280 e. The van der Waals surface area contributed by atoms with Gasteiger partial charge in [-0.05, 0) is 17.7 Å². The first-order valence-corrected chi connectivity index (χ1v) is 9.08. The van der Waals surface area contributed by atoms with Crippen LogP contribution in [-0.2, 0) is 14.8 Å². The maximum atomic E-state index is 12.6. The fourth-order valence-electron chi connectivity index (χ4n) is 2.37. The van der Waals surface area contributed by atoms with E-state index in [1.807, 2.05) is 4.72 Å². The van der Waals surface area contributed by atoms with Crippen LogP contribution in [0.4, 0.5) is 5.69 Å². The number of benzene rings is 1. The summed E-state index contributed by atoms with van der Waals surface area (Å²) in [7, 11) is -4.00. The van der Waals surface area contributed by atoms with Gasteiger partial charge in [0.2, 0.25) is 5.91 Å². The molecular formula is C17H13N5O4S. The Bertz CT molecular complexity index is 1200. The zero-order chi connectivity index (χ0) is 19.6. The molecule has 1 amide bonds. The maximum absolute atomic E-state index is 12.6. The molecule has 0 aliphatic heterocycles. The molecule has 2 N–H and O–H groups in total. The summed E-state index contributed by atoms with van der Waals surface area (Å²) in [5.41, 5.74) is 1.10. The predicted octanol–water partition coefficient (Wildman–Crippen LogP) is 1.60. The van der Waals surface area contributed by atoms with Crippen LogP contribution in [0.1, 0.15) is 6.92 Å². The molecule has 3 aromatic rings. The highest BCUT2D eigenvalue weighted by molar-refractivity contribution is 7.90. The van der Waals surface area contributed by atoms with Crippen molar-refractivity contribution in [1.29, 1.82) is 0 Å². The van der Waals surface area contributed by atoms with Gasteiger partial charge in [0.1, 0.15) is 4.90 Å². The number of sulfonamides is 1. The molecule has 0 fully saturated rings. The van der Waals surface area contributed by atoms with Gasteiger partial charge in [0.05, 0.1) is 12.1 Å². The first-order valence-electron chi connectivity index (χ1n) is 7.60. The molecule has 0 radical (unpaired) electrons. The normalized spacial score (nSPS) is 11.0. The molecule has 2 aromatic heterocycles. The van der Waals surface area contributed by atoms with E-state index in [2.05, 4.69) is 14.9 Å². The van der Waals surface area contributed by atoms with Crippen LogP contribution in [0.2, 0.25) is 0 Å². The Morgan fingerprint density at radius 1 is 1.22 bits per heavy atom. The summed E-state index contributed by atoms with van der Waals surface area (Å²) >= 11 is 0. The topological polar surface area (TPSA) is 118 Å². The second-order valence-electron chi connectivity index (χ2n) is 5.50. The molecule has 0 aliphatic rings. The van der Waals surface area contributed by atoms with Crippen molar-refractivity contribution in [3.63, 3.8) is 0 Å². The number of nitrogens with zero attached hydrogens (tertiary/aromatic N) is 3. The standard InChI is InChI=1S/C17H13N5O4S/c1-11(23)21-27(25,26)14-7-8-16(19-9-14)22-17(24)15(10-20-22)12-3-5-13(18-2)6-4-12/h3-10,20H,1H3,(H,21,23). The van der Waals surface area contributed by atoms with Gasteiger partial charge in [-0.15, -0.1) is 0 Å². The predicted molar refractivity (Wildman–Crippen MR) is 96.9 cm³/mol. The lowest BCUT2D eigenvalue weighted by Gasteiger charge is -2.05. The van der Waals surface area contributed by atoms with Gasteiger partial charge in [-0.1, -0.05) is 24.3 Å². The molecule has 0 saturated heterocycles. The van der Waals surface area contributed by atoms with Crippen molar-refractivity contribution in [1.82, 2.24) is 19.5 Å². The van der Waals surface area contributed by atoms with Crippen LogP contribution >= 0.6 is 0 Å². The van der Waals surface area contributed by atoms with Crippen LogP contribution in [0.3, 0.4) is 0 Å². The molecule has 0 bridgehead atoms. The monoisotopic (exact) mass is 383 g/mol. The van der Waals surface area contributed by atoms with Crippen molar-refractivity contribution in [2.24, 2.45) is 0 Å². The van der Waals surface area contributed by atoms with Gasteiger partial charge in [0.25, 0.3) is 15.6 Å². The SMILES string of the molecule is [C-]#[N+]c1ccc(-c2c[nH]n(-c3ccc(S(=O)(=O)NC(C)=O)cn3)c2=O)cc1. The van der Waals surface area contributed by atoms with E-state index < -0.39 is 15.9 Å². The minimum Gasteiger partial charge on any atom is -0.296 e.